The van der Waals surface area contributed by atoms with Gasteiger partial charge >= 0.3 is 0 Å². The van der Waals surface area contributed by atoms with Crippen LogP contribution >= 0.6 is 0 Å². The first kappa shape index (κ1) is 23.7. The lowest BCUT2D eigenvalue weighted by Crippen LogP contribution is -2.38. The number of carbonyl (C=O) groups is 2. The van der Waals surface area contributed by atoms with E-state index in [0.29, 0.717) is 48.8 Å². The number of aliphatic hydroxyl groups is 1. The molecule has 1 N–H and O–H groups in total. The van der Waals surface area contributed by atoms with Gasteiger partial charge in [-0.15, -0.1) is 0 Å². The van der Waals surface area contributed by atoms with Crippen LogP contribution in [0.2, 0.25) is 0 Å². The van der Waals surface area contributed by atoms with Gasteiger partial charge in [0.2, 0.25) is 0 Å². The van der Waals surface area contributed by atoms with Gasteiger partial charge in [0.1, 0.15) is 5.76 Å². The molecule has 0 saturated carbocycles. The molecule has 0 radical (unpaired) electrons. The van der Waals surface area contributed by atoms with Gasteiger partial charge in [0.15, 0.2) is 11.5 Å². The molecule has 0 bridgehead atoms. The summed E-state index contributed by atoms with van der Waals surface area (Å²) in [6.07, 6.45) is 3.74. The van der Waals surface area contributed by atoms with Crippen molar-refractivity contribution < 1.29 is 28.9 Å². The standard InChI is InChI=1S/C25H29N3O6/c1-32-19-5-4-18(16-20(19)33-2)22-21(23(29)17-6-8-26-9-7-17)24(30)25(31)28(22)11-3-10-27-12-14-34-15-13-27/h4-9,16,22,29H,3,10-15H2,1-2H3/t22-/m1/s1. The maximum atomic E-state index is 13.1. The molecule has 9 nitrogen and oxygen atoms in total. The van der Waals surface area contributed by atoms with Crippen LogP contribution in [-0.2, 0) is 14.3 Å². The minimum Gasteiger partial charge on any atom is -0.507 e. The van der Waals surface area contributed by atoms with E-state index in [2.05, 4.69) is 9.88 Å². The van der Waals surface area contributed by atoms with Crippen molar-refractivity contribution >= 4 is 17.4 Å². The monoisotopic (exact) mass is 467 g/mol. The van der Waals surface area contributed by atoms with Gasteiger partial charge in [-0.25, -0.2) is 0 Å². The Morgan fingerprint density at radius 3 is 2.44 bits per heavy atom. The molecule has 180 valence electrons. The van der Waals surface area contributed by atoms with E-state index in [9.17, 15) is 14.7 Å². The van der Waals surface area contributed by atoms with E-state index in [0.717, 1.165) is 19.6 Å². The van der Waals surface area contributed by atoms with Crippen molar-refractivity contribution in [2.45, 2.75) is 12.5 Å². The molecule has 1 aromatic heterocycles. The van der Waals surface area contributed by atoms with E-state index in [4.69, 9.17) is 14.2 Å². The van der Waals surface area contributed by atoms with Gasteiger partial charge in [0, 0.05) is 44.1 Å². The Bertz CT molecular complexity index is 1070. The number of Topliss-reactive ketones (excluding diaryl/α,β-unsaturated/α-hetero) is 1. The Morgan fingerprint density at radius 2 is 1.76 bits per heavy atom. The average molecular weight is 468 g/mol. The van der Waals surface area contributed by atoms with Crippen molar-refractivity contribution in [3.8, 4) is 11.5 Å². The Morgan fingerprint density at radius 1 is 1.06 bits per heavy atom. The second kappa shape index (κ2) is 10.7. The molecule has 1 aromatic carbocycles. The van der Waals surface area contributed by atoms with Crippen LogP contribution in [0.5, 0.6) is 11.5 Å². The lowest BCUT2D eigenvalue weighted by molar-refractivity contribution is -0.140. The third-order valence-corrected chi connectivity index (χ3v) is 6.19. The number of morpholine rings is 1. The van der Waals surface area contributed by atoms with Gasteiger partial charge in [0.05, 0.1) is 39.0 Å². The molecular weight excluding hydrogens is 438 g/mol. The van der Waals surface area contributed by atoms with Crippen LogP contribution in [0.1, 0.15) is 23.6 Å². The Balaban J connectivity index is 1.70. The Labute approximate surface area is 198 Å². The van der Waals surface area contributed by atoms with Gasteiger partial charge in [-0.3, -0.25) is 19.5 Å². The topological polar surface area (TPSA) is 101 Å². The fraction of sp³-hybridized carbons (Fsp3) is 0.400. The number of pyridine rings is 1. The highest BCUT2D eigenvalue weighted by atomic mass is 16.5. The second-order valence-electron chi connectivity index (χ2n) is 8.15. The smallest absolute Gasteiger partial charge is 0.295 e. The maximum absolute atomic E-state index is 13.1. The lowest BCUT2D eigenvalue weighted by atomic mass is 9.95. The molecule has 3 heterocycles. The molecule has 2 aliphatic heterocycles. The van der Waals surface area contributed by atoms with Crippen molar-refractivity contribution in [1.82, 2.24) is 14.8 Å². The first-order valence-corrected chi connectivity index (χ1v) is 11.3. The zero-order valence-corrected chi connectivity index (χ0v) is 19.4. The predicted octanol–water partition coefficient (Wildman–Crippen LogP) is 2.24. The number of likely N-dealkylation sites (tertiary alicyclic amines) is 1. The zero-order chi connectivity index (χ0) is 24.1. The van der Waals surface area contributed by atoms with E-state index in [1.807, 2.05) is 0 Å². The largest absolute Gasteiger partial charge is 0.507 e. The number of nitrogens with zero attached hydrogens (tertiary/aromatic N) is 3. The van der Waals surface area contributed by atoms with Crippen molar-refractivity contribution in [3.05, 3.63) is 59.4 Å². The lowest BCUT2D eigenvalue weighted by Gasteiger charge is -2.29. The fourth-order valence-electron chi connectivity index (χ4n) is 4.43. The summed E-state index contributed by atoms with van der Waals surface area (Å²) in [5.74, 6) is -0.554. The first-order valence-electron chi connectivity index (χ1n) is 11.3. The highest BCUT2D eigenvalue weighted by Crippen LogP contribution is 2.41. The van der Waals surface area contributed by atoms with Crippen LogP contribution in [0.4, 0.5) is 0 Å². The first-order chi connectivity index (χ1) is 16.5. The summed E-state index contributed by atoms with van der Waals surface area (Å²) in [6.45, 7) is 4.24. The van der Waals surface area contributed by atoms with Crippen molar-refractivity contribution in [2.24, 2.45) is 0 Å². The van der Waals surface area contributed by atoms with Crippen LogP contribution in [0.3, 0.4) is 0 Å². The number of aromatic nitrogens is 1. The van der Waals surface area contributed by atoms with Crippen LogP contribution in [0.15, 0.2) is 48.3 Å². The molecule has 2 saturated heterocycles. The number of methoxy groups -OCH3 is 2. The van der Waals surface area contributed by atoms with E-state index in [1.165, 1.54) is 24.4 Å². The summed E-state index contributed by atoms with van der Waals surface area (Å²) in [6, 6.07) is 7.71. The molecule has 0 aliphatic carbocycles. The molecule has 4 rings (SSSR count). The van der Waals surface area contributed by atoms with Gasteiger partial charge in [-0.05, 0) is 36.2 Å². The molecular formula is C25H29N3O6. The van der Waals surface area contributed by atoms with E-state index < -0.39 is 17.7 Å². The third-order valence-electron chi connectivity index (χ3n) is 6.19. The van der Waals surface area contributed by atoms with Crippen molar-refractivity contribution in [3.63, 3.8) is 0 Å². The minimum atomic E-state index is -0.752. The second-order valence-corrected chi connectivity index (χ2v) is 8.15. The number of amides is 1. The molecule has 9 heteroatoms. The van der Waals surface area contributed by atoms with Gasteiger partial charge in [0.25, 0.3) is 11.7 Å². The van der Waals surface area contributed by atoms with E-state index >= 15 is 0 Å². The summed E-state index contributed by atoms with van der Waals surface area (Å²) in [5.41, 5.74) is 1.13. The van der Waals surface area contributed by atoms with Gasteiger partial charge in [-0.2, -0.15) is 0 Å². The Hall–Kier alpha value is -3.43. The summed E-state index contributed by atoms with van der Waals surface area (Å²) >= 11 is 0. The van der Waals surface area contributed by atoms with Crippen LogP contribution in [0.25, 0.3) is 5.76 Å². The highest BCUT2D eigenvalue weighted by Gasteiger charge is 2.46. The number of rotatable bonds is 8. The molecule has 0 unspecified atom stereocenters. The SMILES string of the molecule is COc1ccc([C@@H]2C(=C(O)c3ccncc3)C(=O)C(=O)N2CCCN2CCOCC2)cc1OC. The summed E-state index contributed by atoms with van der Waals surface area (Å²) in [4.78, 5) is 34.1. The summed E-state index contributed by atoms with van der Waals surface area (Å²) in [5, 5.41) is 11.1. The van der Waals surface area contributed by atoms with Gasteiger partial charge in [-0.1, -0.05) is 6.07 Å². The number of benzene rings is 1. The number of ether oxygens (including phenoxy) is 3. The van der Waals surface area contributed by atoms with Crippen LogP contribution in [-0.4, -0.2) is 85.2 Å². The number of hydrogen-bond donors (Lipinski definition) is 1. The van der Waals surface area contributed by atoms with Gasteiger partial charge < -0.3 is 24.2 Å². The molecule has 0 spiro atoms. The number of hydrogen-bond acceptors (Lipinski definition) is 8. The Kier molecular flexibility index (Phi) is 7.44. The molecule has 2 aromatic rings. The highest BCUT2D eigenvalue weighted by molar-refractivity contribution is 6.46. The van der Waals surface area contributed by atoms with E-state index in [-0.39, 0.29) is 11.3 Å². The fourth-order valence-corrected chi connectivity index (χ4v) is 4.43. The number of carbonyl (C=O) groups excluding carboxylic acids is 2. The number of ketones is 1. The summed E-state index contributed by atoms with van der Waals surface area (Å²) < 4.78 is 16.2. The third kappa shape index (κ3) is 4.76. The average Bonchev–Trinajstić information content (AvgIpc) is 3.14. The molecule has 1 atom stereocenters. The molecule has 34 heavy (non-hydrogen) atoms. The van der Waals surface area contributed by atoms with Crippen LogP contribution in [0, 0.1) is 0 Å². The maximum Gasteiger partial charge on any atom is 0.295 e. The molecule has 1 amide bonds. The summed E-state index contributed by atoms with van der Waals surface area (Å²) in [7, 11) is 3.07. The quantitative estimate of drug-likeness (QED) is 0.358. The van der Waals surface area contributed by atoms with Crippen molar-refractivity contribution in [2.75, 3.05) is 53.6 Å². The normalized spacial score (nSPS) is 20.5. The number of aliphatic hydroxyl groups excluding tert-OH is 1. The van der Waals surface area contributed by atoms with E-state index in [1.54, 1.807) is 37.4 Å². The molecule has 2 fully saturated rings. The van der Waals surface area contributed by atoms with Crippen molar-refractivity contribution in [1.29, 1.82) is 0 Å². The molecule has 2 aliphatic rings. The zero-order valence-electron chi connectivity index (χ0n) is 19.4. The van der Waals surface area contributed by atoms with Crippen LogP contribution < -0.4 is 9.47 Å². The minimum absolute atomic E-state index is 0.0507. The predicted molar refractivity (Wildman–Crippen MR) is 125 cm³/mol.